The summed E-state index contributed by atoms with van der Waals surface area (Å²) in [6.45, 7) is 0. The van der Waals surface area contributed by atoms with Crippen molar-refractivity contribution in [3.05, 3.63) is 76.7 Å². The molecule has 1 aliphatic heterocycles. The van der Waals surface area contributed by atoms with Gasteiger partial charge in [-0.05, 0) is 48.5 Å². The lowest BCUT2D eigenvalue weighted by molar-refractivity contribution is 0.0878. The van der Waals surface area contributed by atoms with Crippen LogP contribution in [0, 0.1) is 0 Å². The molecule has 2 aromatic carbocycles. The van der Waals surface area contributed by atoms with Crippen molar-refractivity contribution in [2.24, 2.45) is 0 Å². The van der Waals surface area contributed by atoms with Gasteiger partial charge in [0.1, 0.15) is 0 Å². The number of carbonyl (C=O) groups excluding carboxylic acids is 3. The van der Waals surface area contributed by atoms with Gasteiger partial charge >= 0.3 is 0 Å². The molecule has 0 spiro atoms. The molecule has 1 aromatic heterocycles. The second-order valence-electron chi connectivity index (χ2n) is 6.22. The molecule has 0 atom stereocenters. The molecule has 2 heterocycles. The molecule has 4 rings (SSSR count). The zero-order chi connectivity index (χ0) is 21.5. The molecule has 30 heavy (non-hydrogen) atoms. The summed E-state index contributed by atoms with van der Waals surface area (Å²) in [4.78, 5) is 35.5. The number of anilines is 2. The van der Waals surface area contributed by atoms with E-state index in [9.17, 15) is 22.8 Å². The fourth-order valence-corrected chi connectivity index (χ4v) is 4.10. The Balaban J connectivity index is 1.65. The number of hydrogen-bond acceptors (Lipinski definition) is 6. The van der Waals surface area contributed by atoms with Gasteiger partial charge in [0.05, 0.1) is 33.7 Å². The van der Waals surface area contributed by atoms with Gasteiger partial charge in [0.2, 0.25) is 0 Å². The fraction of sp³-hybridized carbons (Fsp3) is 0. The largest absolute Gasteiger partial charge is 0.459 e. The normalized spacial score (nSPS) is 13.0. The molecule has 0 aliphatic carbocycles. The van der Waals surface area contributed by atoms with Crippen LogP contribution in [-0.4, -0.2) is 26.1 Å². The predicted molar refractivity (Wildman–Crippen MR) is 107 cm³/mol. The Labute approximate surface area is 175 Å². The highest BCUT2D eigenvalue weighted by atomic mass is 35.5. The lowest BCUT2D eigenvalue weighted by atomic mass is 10.1. The maximum absolute atomic E-state index is 12.8. The van der Waals surface area contributed by atoms with Crippen LogP contribution in [0.3, 0.4) is 0 Å². The van der Waals surface area contributed by atoms with E-state index in [4.69, 9.17) is 16.0 Å². The monoisotopic (exact) mass is 445 g/mol. The number of furan rings is 1. The van der Waals surface area contributed by atoms with Crippen LogP contribution < -0.4 is 15.4 Å². The van der Waals surface area contributed by atoms with Crippen LogP contribution in [-0.2, 0) is 10.0 Å². The molecular formula is C19H12ClN3O6S. The summed E-state index contributed by atoms with van der Waals surface area (Å²) in [5, 5.41) is 4.89. The number of rotatable bonds is 5. The summed E-state index contributed by atoms with van der Waals surface area (Å²) in [5.41, 5.74) is 0.198. The average Bonchev–Trinajstić information content (AvgIpc) is 3.33. The standard InChI is InChI=1S/C19H12ClN3O6S/c20-10-3-6-14(15(8-10)21-19(26)16-2-1-7-29-16)23-30(27,28)11-4-5-12-13(9-11)18(25)22-17(12)24/h1-9,23H,(H,21,26)(H,22,24,25). The van der Waals surface area contributed by atoms with Gasteiger partial charge in [-0.25, -0.2) is 8.42 Å². The molecule has 0 bridgehead atoms. The van der Waals surface area contributed by atoms with E-state index in [0.717, 1.165) is 6.07 Å². The van der Waals surface area contributed by atoms with Crippen LogP contribution in [0.25, 0.3) is 0 Å². The molecule has 0 saturated heterocycles. The highest BCUT2D eigenvalue weighted by molar-refractivity contribution is 7.92. The van der Waals surface area contributed by atoms with Crippen molar-refractivity contribution in [2.75, 3.05) is 10.0 Å². The van der Waals surface area contributed by atoms with E-state index in [1.54, 1.807) is 0 Å². The summed E-state index contributed by atoms with van der Waals surface area (Å²) in [6.07, 6.45) is 1.32. The zero-order valence-electron chi connectivity index (χ0n) is 14.9. The summed E-state index contributed by atoms with van der Waals surface area (Å²) in [6, 6.07) is 10.7. The van der Waals surface area contributed by atoms with Crippen molar-refractivity contribution in [3.8, 4) is 0 Å². The molecule has 9 nitrogen and oxygen atoms in total. The molecule has 1 aliphatic rings. The maximum Gasteiger partial charge on any atom is 0.291 e. The second kappa shape index (κ2) is 7.32. The summed E-state index contributed by atoms with van der Waals surface area (Å²) in [5.74, 6) is -1.84. The average molecular weight is 446 g/mol. The van der Waals surface area contributed by atoms with Gasteiger partial charge in [0, 0.05) is 5.02 Å². The topological polar surface area (TPSA) is 135 Å². The third-order valence-corrected chi connectivity index (χ3v) is 5.84. The first kappa shape index (κ1) is 19.7. The molecule has 11 heteroatoms. The van der Waals surface area contributed by atoms with Crippen LogP contribution in [0.2, 0.25) is 5.02 Å². The molecule has 3 amide bonds. The molecule has 3 aromatic rings. The van der Waals surface area contributed by atoms with E-state index < -0.39 is 27.7 Å². The number of halogens is 1. The van der Waals surface area contributed by atoms with Crippen LogP contribution in [0.5, 0.6) is 0 Å². The fourth-order valence-electron chi connectivity index (χ4n) is 2.82. The van der Waals surface area contributed by atoms with Gasteiger partial charge in [-0.3, -0.25) is 24.4 Å². The van der Waals surface area contributed by atoms with E-state index in [2.05, 4.69) is 15.4 Å². The minimum absolute atomic E-state index is 0.0260. The minimum atomic E-state index is -4.16. The number of fused-ring (bicyclic) bond motifs is 1. The molecule has 0 radical (unpaired) electrons. The third-order valence-electron chi connectivity index (χ3n) is 4.24. The summed E-state index contributed by atoms with van der Waals surface area (Å²) < 4.78 is 33.1. The summed E-state index contributed by atoms with van der Waals surface area (Å²) >= 11 is 5.98. The number of hydrogen-bond donors (Lipinski definition) is 3. The highest BCUT2D eigenvalue weighted by Gasteiger charge is 2.29. The Bertz CT molecular complexity index is 1300. The van der Waals surface area contributed by atoms with Crippen LogP contribution in [0.4, 0.5) is 11.4 Å². The number of amides is 3. The van der Waals surface area contributed by atoms with Crippen molar-refractivity contribution >= 4 is 50.7 Å². The number of sulfonamides is 1. The van der Waals surface area contributed by atoms with Gasteiger partial charge in [0.25, 0.3) is 27.7 Å². The van der Waals surface area contributed by atoms with Gasteiger partial charge in [-0.15, -0.1) is 0 Å². The number of carbonyl (C=O) groups is 3. The van der Waals surface area contributed by atoms with Crippen LogP contribution in [0.15, 0.2) is 64.1 Å². The molecule has 152 valence electrons. The molecule has 0 unspecified atom stereocenters. The Morgan fingerprint density at radius 1 is 0.967 bits per heavy atom. The van der Waals surface area contributed by atoms with Crippen molar-refractivity contribution < 1.29 is 27.2 Å². The Hall–Kier alpha value is -3.63. The smallest absolute Gasteiger partial charge is 0.291 e. The van der Waals surface area contributed by atoms with Crippen molar-refractivity contribution in [1.29, 1.82) is 0 Å². The molecule has 0 saturated carbocycles. The highest BCUT2D eigenvalue weighted by Crippen LogP contribution is 2.29. The number of nitrogens with one attached hydrogen (secondary N) is 3. The summed E-state index contributed by atoms with van der Waals surface area (Å²) in [7, 11) is -4.16. The van der Waals surface area contributed by atoms with Crippen LogP contribution >= 0.6 is 11.6 Å². The molecule has 0 fully saturated rings. The van der Waals surface area contributed by atoms with Gasteiger partial charge in [-0.2, -0.15) is 0 Å². The first-order valence-corrected chi connectivity index (χ1v) is 10.3. The van der Waals surface area contributed by atoms with Gasteiger partial charge in [-0.1, -0.05) is 11.6 Å². The first-order chi connectivity index (χ1) is 14.2. The van der Waals surface area contributed by atoms with Crippen molar-refractivity contribution in [2.45, 2.75) is 4.90 Å². The Morgan fingerprint density at radius 3 is 2.47 bits per heavy atom. The van der Waals surface area contributed by atoms with E-state index in [-0.39, 0.29) is 38.2 Å². The van der Waals surface area contributed by atoms with Gasteiger partial charge < -0.3 is 9.73 Å². The molecular weight excluding hydrogens is 434 g/mol. The van der Waals surface area contributed by atoms with E-state index in [0.29, 0.717) is 0 Å². The Morgan fingerprint density at radius 2 is 1.73 bits per heavy atom. The number of imide groups is 1. The molecule has 3 N–H and O–H groups in total. The third kappa shape index (κ3) is 3.65. The van der Waals surface area contributed by atoms with Gasteiger partial charge in [0.15, 0.2) is 5.76 Å². The predicted octanol–water partition coefficient (Wildman–Crippen LogP) is 2.87. The van der Waals surface area contributed by atoms with E-state index in [1.807, 2.05) is 0 Å². The second-order valence-corrected chi connectivity index (χ2v) is 8.34. The Kier molecular flexibility index (Phi) is 4.80. The SMILES string of the molecule is O=C(Nc1cc(Cl)ccc1NS(=O)(=O)c1ccc2c(c1)C(=O)NC2=O)c1ccco1. The zero-order valence-corrected chi connectivity index (χ0v) is 16.5. The van der Waals surface area contributed by atoms with Crippen LogP contribution in [0.1, 0.15) is 31.3 Å². The van der Waals surface area contributed by atoms with E-state index in [1.165, 1.54) is 48.7 Å². The lowest BCUT2D eigenvalue weighted by Gasteiger charge is -2.14. The maximum atomic E-state index is 12.8. The number of benzene rings is 2. The lowest BCUT2D eigenvalue weighted by Crippen LogP contribution is -2.20. The quantitative estimate of drug-likeness (QED) is 0.517. The van der Waals surface area contributed by atoms with Crippen molar-refractivity contribution in [3.63, 3.8) is 0 Å². The minimum Gasteiger partial charge on any atom is -0.459 e. The first-order valence-electron chi connectivity index (χ1n) is 8.41. The van der Waals surface area contributed by atoms with Crippen molar-refractivity contribution in [1.82, 2.24) is 5.32 Å². The van der Waals surface area contributed by atoms with E-state index >= 15 is 0 Å².